The van der Waals surface area contributed by atoms with Gasteiger partial charge < -0.3 is 15.5 Å². The van der Waals surface area contributed by atoms with Crippen molar-refractivity contribution in [2.24, 2.45) is 0 Å². The molecule has 0 aromatic rings. The van der Waals surface area contributed by atoms with Gasteiger partial charge in [0.1, 0.15) is 0 Å². The van der Waals surface area contributed by atoms with Gasteiger partial charge in [-0.15, -0.1) is 0 Å². The van der Waals surface area contributed by atoms with Crippen molar-refractivity contribution in [3.63, 3.8) is 0 Å². The zero-order valence-electron chi connectivity index (χ0n) is 9.88. The van der Waals surface area contributed by atoms with Crippen LogP contribution in [0.4, 0.5) is 0 Å². The van der Waals surface area contributed by atoms with Crippen molar-refractivity contribution in [2.45, 2.75) is 32.2 Å². The van der Waals surface area contributed by atoms with Crippen LogP contribution in [0.1, 0.15) is 26.2 Å². The zero-order valence-corrected chi connectivity index (χ0v) is 9.88. The Hall–Kier alpha value is -0.610. The van der Waals surface area contributed by atoms with E-state index in [9.17, 15) is 4.79 Å². The quantitative estimate of drug-likeness (QED) is 0.685. The molecule has 2 N–H and O–H groups in total. The molecule has 1 aliphatic heterocycles. The molecule has 0 saturated carbocycles. The summed E-state index contributed by atoms with van der Waals surface area (Å²) in [7, 11) is 1.87. The van der Waals surface area contributed by atoms with E-state index in [1.165, 1.54) is 0 Å². The van der Waals surface area contributed by atoms with Gasteiger partial charge in [-0.25, -0.2) is 0 Å². The second-order valence-corrected chi connectivity index (χ2v) is 4.13. The third-order valence-corrected chi connectivity index (χ3v) is 3.00. The summed E-state index contributed by atoms with van der Waals surface area (Å²) in [5, 5.41) is 6.08. The SMILES string of the molecule is CCN1CCC(NC(=O)CCNC)CC1. The van der Waals surface area contributed by atoms with Gasteiger partial charge >= 0.3 is 0 Å². The summed E-state index contributed by atoms with van der Waals surface area (Å²) in [5.74, 6) is 0.180. The highest BCUT2D eigenvalue weighted by atomic mass is 16.1. The number of rotatable bonds is 5. The molecule has 1 rings (SSSR count). The highest BCUT2D eigenvalue weighted by Gasteiger charge is 2.18. The van der Waals surface area contributed by atoms with Gasteiger partial charge in [-0.1, -0.05) is 6.92 Å². The molecule has 0 spiro atoms. The van der Waals surface area contributed by atoms with Crippen LogP contribution in [0.5, 0.6) is 0 Å². The van der Waals surface area contributed by atoms with E-state index in [1.807, 2.05) is 7.05 Å². The maximum absolute atomic E-state index is 11.5. The Morgan fingerprint density at radius 3 is 2.60 bits per heavy atom. The summed E-state index contributed by atoms with van der Waals surface area (Å²) in [5.41, 5.74) is 0. The normalized spacial score (nSPS) is 19.1. The van der Waals surface area contributed by atoms with Crippen LogP contribution in [0, 0.1) is 0 Å². The minimum Gasteiger partial charge on any atom is -0.353 e. The first kappa shape index (κ1) is 12.5. The van der Waals surface area contributed by atoms with E-state index in [4.69, 9.17) is 0 Å². The number of hydrogen-bond acceptors (Lipinski definition) is 3. The molecule has 0 radical (unpaired) electrons. The average Bonchev–Trinajstić information content (AvgIpc) is 2.27. The lowest BCUT2D eigenvalue weighted by Crippen LogP contribution is -2.44. The first-order valence-corrected chi connectivity index (χ1v) is 5.92. The van der Waals surface area contributed by atoms with E-state index in [0.717, 1.165) is 39.0 Å². The smallest absolute Gasteiger partial charge is 0.221 e. The molecule has 4 heteroatoms. The number of piperidine rings is 1. The van der Waals surface area contributed by atoms with Gasteiger partial charge in [0.2, 0.25) is 5.91 Å². The summed E-state index contributed by atoms with van der Waals surface area (Å²) < 4.78 is 0. The van der Waals surface area contributed by atoms with Crippen molar-refractivity contribution < 1.29 is 4.79 Å². The van der Waals surface area contributed by atoms with Crippen LogP contribution in [0.15, 0.2) is 0 Å². The van der Waals surface area contributed by atoms with Crippen LogP contribution < -0.4 is 10.6 Å². The third kappa shape index (κ3) is 4.62. The fourth-order valence-corrected chi connectivity index (χ4v) is 1.93. The highest BCUT2D eigenvalue weighted by molar-refractivity contribution is 5.76. The summed E-state index contributed by atoms with van der Waals surface area (Å²) in [6, 6.07) is 0.400. The molecule has 0 aromatic carbocycles. The molecule has 0 bridgehead atoms. The zero-order chi connectivity index (χ0) is 11.1. The number of amides is 1. The van der Waals surface area contributed by atoms with Crippen LogP contribution in [0.2, 0.25) is 0 Å². The van der Waals surface area contributed by atoms with Crippen molar-refractivity contribution in [1.82, 2.24) is 15.5 Å². The first-order valence-electron chi connectivity index (χ1n) is 5.92. The molecule has 1 amide bonds. The Labute approximate surface area is 92.4 Å². The molecule has 0 aromatic heterocycles. The molecule has 4 nitrogen and oxygen atoms in total. The number of carbonyl (C=O) groups excluding carboxylic acids is 1. The van der Waals surface area contributed by atoms with Crippen LogP contribution >= 0.6 is 0 Å². The second kappa shape index (κ2) is 6.80. The highest BCUT2D eigenvalue weighted by Crippen LogP contribution is 2.09. The van der Waals surface area contributed by atoms with Gasteiger partial charge in [0.05, 0.1) is 0 Å². The maximum atomic E-state index is 11.5. The third-order valence-electron chi connectivity index (χ3n) is 3.00. The summed E-state index contributed by atoms with van der Waals surface area (Å²) >= 11 is 0. The lowest BCUT2D eigenvalue weighted by atomic mass is 10.1. The molecule has 0 aliphatic carbocycles. The number of hydrogen-bond donors (Lipinski definition) is 2. The van der Waals surface area contributed by atoms with E-state index in [-0.39, 0.29) is 5.91 Å². The second-order valence-electron chi connectivity index (χ2n) is 4.13. The Morgan fingerprint density at radius 2 is 2.07 bits per heavy atom. The number of nitrogens with one attached hydrogen (secondary N) is 2. The maximum Gasteiger partial charge on any atom is 0.221 e. The predicted octanol–water partition coefficient (Wildman–Crippen LogP) is 0.196. The lowest BCUT2D eigenvalue weighted by molar-refractivity contribution is -0.122. The fourth-order valence-electron chi connectivity index (χ4n) is 1.93. The van der Waals surface area contributed by atoms with E-state index >= 15 is 0 Å². The van der Waals surface area contributed by atoms with Gasteiger partial charge in [-0.2, -0.15) is 0 Å². The Bertz CT molecular complexity index is 188. The Morgan fingerprint density at radius 1 is 1.40 bits per heavy atom. The molecule has 15 heavy (non-hydrogen) atoms. The largest absolute Gasteiger partial charge is 0.353 e. The van der Waals surface area contributed by atoms with Crippen molar-refractivity contribution in [3.05, 3.63) is 0 Å². The summed E-state index contributed by atoms with van der Waals surface area (Å²) in [4.78, 5) is 13.9. The van der Waals surface area contributed by atoms with Gasteiger partial charge in [-0.3, -0.25) is 4.79 Å². The molecule has 1 heterocycles. The number of nitrogens with zero attached hydrogens (tertiary/aromatic N) is 1. The molecular formula is C11H23N3O. The van der Waals surface area contributed by atoms with Crippen LogP contribution in [0.25, 0.3) is 0 Å². The molecule has 0 unspecified atom stereocenters. The minimum atomic E-state index is 0.180. The van der Waals surface area contributed by atoms with Crippen molar-refractivity contribution in [2.75, 3.05) is 33.2 Å². The van der Waals surface area contributed by atoms with E-state index in [1.54, 1.807) is 0 Å². The topological polar surface area (TPSA) is 44.4 Å². The van der Waals surface area contributed by atoms with Crippen LogP contribution in [0.3, 0.4) is 0 Å². The van der Waals surface area contributed by atoms with E-state index in [0.29, 0.717) is 12.5 Å². The average molecular weight is 213 g/mol. The van der Waals surface area contributed by atoms with Crippen molar-refractivity contribution in [3.8, 4) is 0 Å². The van der Waals surface area contributed by atoms with Gasteiger partial charge in [0.15, 0.2) is 0 Å². The number of likely N-dealkylation sites (tertiary alicyclic amines) is 1. The van der Waals surface area contributed by atoms with Crippen LogP contribution in [-0.2, 0) is 4.79 Å². The first-order chi connectivity index (χ1) is 7.26. The minimum absolute atomic E-state index is 0.180. The van der Waals surface area contributed by atoms with E-state index < -0.39 is 0 Å². The summed E-state index contributed by atoms with van der Waals surface area (Å²) in [6.45, 7) is 6.31. The van der Waals surface area contributed by atoms with Crippen molar-refractivity contribution in [1.29, 1.82) is 0 Å². The summed E-state index contributed by atoms with van der Waals surface area (Å²) in [6.07, 6.45) is 2.78. The monoisotopic (exact) mass is 213 g/mol. The predicted molar refractivity (Wildman–Crippen MR) is 61.8 cm³/mol. The molecule has 1 saturated heterocycles. The Kier molecular flexibility index (Phi) is 5.65. The van der Waals surface area contributed by atoms with Crippen LogP contribution in [-0.4, -0.2) is 50.1 Å². The van der Waals surface area contributed by atoms with Gasteiger partial charge in [0.25, 0.3) is 0 Å². The molecular weight excluding hydrogens is 190 g/mol. The lowest BCUT2D eigenvalue weighted by Gasteiger charge is -2.31. The molecule has 0 atom stereocenters. The number of carbonyl (C=O) groups is 1. The molecule has 88 valence electrons. The van der Waals surface area contributed by atoms with E-state index in [2.05, 4.69) is 22.5 Å². The molecule has 1 fully saturated rings. The fraction of sp³-hybridized carbons (Fsp3) is 0.909. The van der Waals surface area contributed by atoms with Gasteiger partial charge in [0, 0.05) is 32.1 Å². The standard InChI is InChI=1S/C11H23N3O/c1-3-14-8-5-10(6-9-14)13-11(15)4-7-12-2/h10,12H,3-9H2,1-2H3,(H,13,15). The van der Waals surface area contributed by atoms with Gasteiger partial charge in [-0.05, 0) is 26.4 Å². The van der Waals surface area contributed by atoms with Crippen molar-refractivity contribution >= 4 is 5.91 Å². The Balaban J connectivity index is 2.15. The molecule has 1 aliphatic rings.